The molecule has 2 saturated heterocycles. The summed E-state index contributed by atoms with van der Waals surface area (Å²) in [5.74, 6) is -0.825. The summed E-state index contributed by atoms with van der Waals surface area (Å²) in [6.07, 6.45) is 1.18. The molecule has 0 aromatic rings. The molecule has 6 heteroatoms. The van der Waals surface area contributed by atoms with Crippen LogP contribution in [0.15, 0.2) is 23.5 Å². The van der Waals surface area contributed by atoms with E-state index < -0.39 is 23.8 Å². The SMILES string of the molecule is C=C1C(=O)CC2OC(=O)C(=C(O)C2CC)CCC2(C)CC(C)C(O2)C(C)C1OC. The van der Waals surface area contributed by atoms with Crippen LogP contribution in [0.5, 0.6) is 0 Å². The zero-order chi connectivity index (χ0) is 21.5. The van der Waals surface area contributed by atoms with Crippen molar-refractivity contribution in [1.82, 2.24) is 0 Å². The molecule has 29 heavy (non-hydrogen) atoms. The molecule has 0 aromatic heterocycles. The highest BCUT2D eigenvalue weighted by Crippen LogP contribution is 2.44. The van der Waals surface area contributed by atoms with Gasteiger partial charge in [-0.2, -0.15) is 0 Å². The number of Topliss-reactive ketones (excluding diaryl/α,β-unsaturated/α-hetero) is 1. The number of carbonyl (C=O) groups is 2. The Morgan fingerprint density at radius 3 is 2.62 bits per heavy atom. The first-order chi connectivity index (χ1) is 13.6. The topological polar surface area (TPSA) is 82.1 Å². The smallest absolute Gasteiger partial charge is 0.337 e. The maximum atomic E-state index is 13.0. The standard InChI is InChI=1S/C23H34O6/c1-7-15-18-10-17(24)13(3)21(27-6)14(4)20-12(2)11-23(5,29-20)9-8-16(19(15)25)22(26)28-18/h12,14-15,18,20-21,25H,3,7-11H2,1-2,4-6H3. The molecule has 162 valence electrons. The van der Waals surface area contributed by atoms with Crippen molar-refractivity contribution in [2.75, 3.05) is 7.11 Å². The highest BCUT2D eigenvalue weighted by Gasteiger charge is 2.47. The number of hydrogen-bond acceptors (Lipinski definition) is 6. The molecular weight excluding hydrogens is 372 g/mol. The third kappa shape index (κ3) is 4.02. The molecule has 4 aliphatic heterocycles. The lowest BCUT2D eigenvalue weighted by Gasteiger charge is -2.35. The number of hydrogen-bond donors (Lipinski definition) is 1. The fraction of sp³-hybridized carbons (Fsp3) is 0.739. The minimum Gasteiger partial charge on any atom is -0.511 e. The molecule has 1 N–H and O–H groups in total. The van der Waals surface area contributed by atoms with E-state index in [1.807, 2.05) is 13.8 Å². The second-order valence-electron chi connectivity index (χ2n) is 9.20. The number of esters is 1. The first-order valence-corrected chi connectivity index (χ1v) is 10.7. The minimum atomic E-state index is -0.682. The van der Waals surface area contributed by atoms with Crippen LogP contribution in [0.2, 0.25) is 0 Å². The Kier molecular flexibility index (Phi) is 6.25. The summed E-state index contributed by atoms with van der Waals surface area (Å²) in [6, 6.07) is 0. The fourth-order valence-corrected chi connectivity index (χ4v) is 5.45. The number of rotatable bonds is 2. The van der Waals surface area contributed by atoms with Gasteiger partial charge in [-0.3, -0.25) is 4.79 Å². The number of ketones is 1. The number of aliphatic hydroxyl groups is 1. The third-order valence-electron chi connectivity index (χ3n) is 7.03. The van der Waals surface area contributed by atoms with Crippen LogP contribution < -0.4 is 0 Å². The van der Waals surface area contributed by atoms with Crippen LogP contribution in [0, 0.1) is 17.8 Å². The largest absolute Gasteiger partial charge is 0.511 e. The summed E-state index contributed by atoms with van der Waals surface area (Å²) in [5, 5.41) is 10.8. The number of carbonyl (C=O) groups excluding carboxylic acids is 2. The van der Waals surface area contributed by atoms with Gasteiger partial charge in [-0.25, -0.2) is 4.79 Å². The van der Waals surface area contributed by atoms with Crippen LogP contribution >= 0.6 is 0 Å². The lowest BCUT2D eigenvalue weighted by molar-refractivity contribution is -0.152. The van der Waals surface area contributed by atoms with Gasteiger partial charge in [-0.15, -0.1) is 0 Å². The van der Waals surface area contributed by atoms with Crippen molar-refractivity contribution in [3.05, 3.63) is 23.5 Å². The van der Waals surface area contributed by atoms with Gasteiger partial charge in [-0.05, 0) is 38.5 Å². The van der Waals surface area contributed by atoms with Crippen LogP contribution in [-0.4, -0.2) is 47.9 Å². The van der Waals surface area contributed by atoms with E-state index in [2.05, 4.69) is 20.4 Å². The molecule has 4 rings (SSSR count). The Labute approximate surface area is 173 Å². The molecule has 4 heterocycles. The molecule has 4 aliphatic rings. The summed E-state index contributed by atoms with van der Waals surface area (Å²) in [5.41, 5.74) is 0.264. The number of fused-ring (bicyclic) bond motifs is 7. The average Bonchev–Trinajstić information content (AvgIpc) is 2.96. The molecular formula is C23H34O6. The van der Waals surface area contributed by atoms with E-state index in [0.717, 1.165) is 6.42 Å². The van der Waals surface area contributed by atoms with Crippen LogP contribution in [-0.2, 0) is 23.8 Å². The lowest BCUT2D eigenvalue weighted by atomic mass is 9.83. The minimum absolute atomic E-state index is 0.00814. The normalized spacial score (nSPS) is 41.5. The van der Waals surface area contributed by atoms with E-state index in [4.69, 9.17) is 14.2 Å². The van der Waals surface area contributed by atoms with Crippen LogP contribution in [0.3, 0.4) is 0 Å². The van der Waals surface area contributed by atoms with Crippen LogP contribution in [0.4, 0.5) is 0 Å². The average molecular weight is 407 g/mol. The summed E-state index contributed by atoms with van der Waals surface area (Å²) < 4.78 is 17.8. The summed E-state index contributed by atoms with van der Waals surface area (Å²) in [4.78, 5) is 25.6. The second-order valence-corrected chi connectivity index (χ2v) is 9.20. The molecule has 4 bridgehead atoms. The molecule has 7 atom stereocenters. The first kappa shape index (κ1) is 22.0. The summed E-state index contributed by atoms with van der Waals surface area (Å²) in [6.45, 7) is 12.2. The van der Waals surface area contributed by atoms with Gasteiger partial charge in [0.05, 0.1) is 29.3 Å². The van der Waals surface area contributed by atoms with Gasteiger partial charge < -0.3 is 19.3 Å². The van der Waals surface area contributed by atoms with Gasteiger partial charge in [0, 0.05) is 25.0 Å². The van der Waals surface area contributed by atoms with E-state index in [0.29, 0.717) is 30.4 Å². The molecule has 0 aliphatic carbocycles. The van der Waals surface area contributed by atoms with Gasteiger partial charge >= 0.3 is 5.97 Å². The highest BCUT2D eigenvalue weighted by molar-refractivity contribution is 5.97. The van der Waals surface area contributed by atoms with Crippen molar-refractivity contribution < 1.29 is 28.9 Å². The Balaban J connectivity index is 2.03. The van der Waals surface area contributed by atoms with Gasteiger partial charge in [0.25, 0.3) is 0 Å². The maximum Gasteiger partial charge on any atom is 0.337 e. The van der Waals surface area contributed by atoms with Crippen molar-refractivity contribution in [1.29, 1.82) is 0 Å². The molecule has 2 fully saturated rings. The molecule has 7 unspecified atom stereocenters. The van der Waals surface area contributed by atoms with Gasteiger partial charge in [0.15, 0.2) is 5.78 Å². The molecule has 6 nitrogen and oxygen atoms in total. The summed E-state index contributed by atoms with van der Waals surface area (Å²) in [7, 11) is 1.58. The molecule has 0 radical (unpaired) electrons. The third-order valence-corrected chi connectivity index (χ3v) is 7.03. The van der Waals surface area contributed by atoms with Gasteiger partial charge in [0.1, 0.15) is 11.9 Å². The van der Waals surface area contributed by atoms with Crippen LogP contribution in [0.1, 0.15) is 59.8 Å². The van der Waals surface area contributed by atoms with Crippen molar-refractivity contribution >= 4 is 11.8 Å². The molecule has 0 amide bonds. The molecule has 0 saturated carbocycles. The van der Waals surface area contributed by atoms with E-state index in [1.165, 1.54) is 0 Å². The lowest BCUT2D eigenvalue weighted by Crippen LogP contribution is -2.41. The van der Waals surface area contributed by atoms with E-state index in [1.54, 1.807) is 7.11 Å². The maximum absolute atomic E-state index is 13.0. The molecule has 0 spiro atoms. The predicted octanol–water partition coefficient (Wildman–Crippen LogP) is 3.89. The van der Waals surface area contributed by atoms with Crippen LogP contribution in [0.25, 0.3) is 0 Å². The number of methoxy groups -OCH3 is 1. The van der Waals surface area contributed by atoms with Crippen molar-refractivity contribution in [3.63, 3.8) is 0 Å². The number of aliphatic hydroxyl groups excluding tert-OH is 1. The predicted molar refractivity (Wildman–Crippen MR) is 108 cm³/mol. The highest BCUT2D eigenvalue weighted by atomic mass is 16.5. The monoisotopic (exact) mass is 406 g/mol. The Hall–Kier alpha value is -1.66. The summed E-state index contributed by atoms with van der Waals surface area (Å²) >= 11 is 0. The quantitative estimate of drug-likeness (QED) is 0.553. The van der Waals surface area contributed by atoms with Crippen molar-refractivity contribution in [2.45, 2.75) is 83.7 Å². The van der Waals surface area contributed by atoms with Gasteiger partial charge in [-0.1, -0.05) is 27.4 Å². The Morgan fingerprint density at radius 2 is 2.00 bits per heavy atom. The van der Waals surface area contributed by atoms with E-state index in [9.17, 15) is 14.7 Å². The van der Waals surface area contributed by atoms with E-state index in [-0.39, 0.29) is 41.8 Å². The first-order valence-electron chi connectivity index (χ1n) is 10.7. The van der Waals surface area contributed by atoms with Gasteiger partial charge in [0.2, 0.25) is 0 Å². The Bertz CT molecular complexity index is 725. The zero-order valence-corrected chi connectivity index (χ0v) is 18.2. The van der Waals surface area contributed by atoms with E-state index >= 15 is 0 Å². The fourth-order valence-electron chi connectivity index (χ4n) is 5.45. The Morgan fingerprint density at radius 1 is 1.31 bits per heavy atom. The molecule has 0 aromatic carbocycles. The van der Waals surface area contributed by atoms with Crippen molar-refractivity contribution in [3.8, 4) is 0 Å². The van der Waals surface area contributed by atoms with Crippen molar-refractivity contribution in [2.24, 2.45) is 17.8 Å². The second kappa shape index (κ2) is 8.23. The zero-order valence-electron chi connectivity index (χ0n) is 18.2. The number of ether oxygens (including phenoxy) is 3.